The Kier molecular flexibility index (Phi) is 4.51. The third-order valence-corrected chi connectivity index (χ3v) is 5.01. The first-order valence-corrected chi connectivity index (χ1v) is 8.22. The van der Waals surface area contributed by atoms with E-state index in [4.69, 9.17) is 0 Å². The maximum absolute atomic E-state index is 3.65. The molecule has 106 valence electrons. The molecule has 20 heavy (non-hydrogen) atoms. The highest BCUT2D eigenvalue weighted by molar-refractivity contribution is 7.10. The van der Waals surface area contributed by atoms with Gasteiger partial charge in [-0.3, -0.25) is 4.90 Å². The highest BCUT2D eigenvalue weighted by Gasteiger charge is 2.20. The molecule has 2 heterocycles. The van der Waals surface area contributed by atoms with Crippen LogP contribution < -0.4 is 5.32 Å². The number of hydrogen-bond acceptors (Lipinski definition) is 3. The van der Waals surface area contributed by atoms with Gasteiger partial charge in [0.1, 0.15) is 0 Å². The van der Waals surface area contributed by atoms with E-state index < -0.39 is 0 Å². The van der Waals surface area contributed by atoms with E-state index in [0.717, 1.165) is 32.6 Å². The highest BCUT2D eigenvalue weighted by atomic mass is 32.1. The monoisotopic (exact) mass is 286 g/mol. The van der Waals surface area contributed by atoms with Crippen LogP contribution in [-0.2, 0) is 13.0 Å². The van der Waals surface area contributed by atoms with Crippen LogP contribution in [0.5, 0.6) is 0 Å². The van der Waals surface area contributed by atoms with Crippen molar-refractivity contribution in [2.75, 3.05) is 19.6 Å². The van der Waals surface area contributed by atoms with Crippen LogP contribution in [0, 0.1) is 6.92 Å². The molecule has 0 spiro atoms. The molecule has 0 aliphatic carbocycles. The van der Waals surface area contributed by atoms with Crippen LogP contribution >= 0.6 is 11.3 Å². The summed E-state index contributed by atoms with van der Waals surface area (Å²) in [6.45, 7) is 6.72. The predicted octanol–water partition coefficient (Wildman–Crippen LogP) is 3.07. The van der Waals surface area contributed by atoms with Gasteiger partial charge in [0.2, 0.25) is 0 Å². The molecule has 1 aliphatic heterocycles. The Morgan fingerprint density at radius 3 is 2.85 bits per heavy atom. The molecule has 1 aliphatic rings. The van der Waals surface area contributed by atoms with Gasteiger partial charge in [0.25, 0.3) is 0 Å². The Bertz CT molecular complexity index is 535. The van der Waals surface area contributed by atoms with Crippen molar-refractivity contribution in [1.82, 2.24) is 10.2 Å². The highest BCUT2D eigenvalue weighted by Crippen LogP contribution is 2.19. The second kappa shape index (κ2) is 6.53. The smallest absolute Gasteiger partial charge is 0.0331 e. The molecule has 1 aromatic carbocycles. The van der Waals surface area contributed by atoms with Crippen LogP contribution in [0.25, 0.3) is 0 Å². The van der Waals surface area contributed by atoms with Gasteiger partial charge in [-0.2, -0.15) is 0 Å². The minimum Gasteiger partial charge on any atom is -0.311 e. The summed E-state index contributed by atoms with van der Waals surface area (Å²) >= 11 is 1.89. The first-order chi connectivity index (χ1) is 9.81. The first kappa shape index (κ1) is 13.8. The van der Waals surface area contributed by atoms with Crippen molar-refractivity contribution >= 4 is 11.3 Å². The van der Waals surface area contributed by atoms with Crippen molar-refractivity contribution in [1.29, 1.82) is 0 Å². The topological polar surface area (TPSA) is 15.3 Å². The summed E-state index contributed by atoms with van der Waals surface area (Å²) in [7, 11) is 0. The van der Waals surface area contributed by atoms with Crippen LogP contribution in [0.1, 0.15) is 16.0 Å². The normalized spacial score (nSPS) is 20.1. The van der Waals surface area contributed by atoms with E-state index in [0.29, 0.717) is 6.04 Å². The number of thiophene rings is 1. The summed E-state index contributed by atoms with van der Waals surface area (Å²) in [6.07, 6.45) is 1.13. The van der Waals surface area contributed by atoms with Gasteiger partial charge in [0, 0.05) is 37.1 Å². The van der Waals surface area contributed by atoms with Gasteiger partial charge in [-0.1, -0.05) is 30.3 Å². The number of nitrogens with one attached hydrogen (secondary N) is 1. The number of hydrogen-bond donors (Lipinski definition) is 1. The fraction of sp³-hybridized carbons (Fsp3) is 0.412. The molecule has 1 unspecified atom stereocenters. The summed E-state index contributed by atoms with van der Waals surface area (Å²) in [5.41, 5.74) is 2.87. The average molecular weight is 286 g/mol. The summed E-state index contributed by atoms with van der Waals surface area (Å²) < 4.78 is 0. The van der Waals surface area contributed by atoms with Crippen molar-refractivity contribution in [3.05, 3.63) is 57.8 Å². The van der Waals surface area contributed by atoms with E-state index in [1.165, 1.54) is 16.0 Å². The minimum absolute atomic E-state index is 0.575. The zero-order valence-corrected chi connectivity index (χ0v) is 12.8. The van der Waals surface area contributed by atoms with Gasteiger partial charge >= 0.3 is 0 Å². The van der Waals surface area contributed by atoms with Crippen molar-refractivity contribution in [2.45, 2.75) is 25.9 Å². The molecule has 0 bridgehead atoms. The minimum atomic E-state index is 0.575. The van der Waals surface area contributed by atoms with E-state index in [9.17, 15) is 0 Å². The standard InChI is InChI=1S/C17H22N2S/c1-14-7-10-20-17(14)13-19-9-8-18-16(12-19)11-15-5-3-2-4-6-15/h2-7,10,16,18H,8-9,11-13H2,1H3. The quantitative estimate of drug-likeness (QED) is 0.929. The van der Waals surface area contributed by atoms with Gasteiger partial charge in [0.05, 0.1) is 0 Å². The Labute approximate surface area is 125 Å². The Morgan fingerprint density at radius 1 is 1.25 bits per heavy atom. The average Bonchev–Trinajstić information content (AvgIpc) is 2.86. The van der Waals surface area contributed by atoms with Gasteiger partial charge in [-0.25, -0.2) is 0 Å². The summed E-state index contributed by atoms with van der Waals surface area (Å²) in [5.74, 6) is 0. The molecule has 1 N–H and O–H groups in total. The number of benzene rings is 1. The third-order valence-electron chi connectivity index (χ3n) is 4.00. The Balaban J connectivity index is 1.58. The van der Waals surface area contributed by atoms with Crippen LogP contribution in [0.15, 0.2) is 41.8 Å². The lowest BCUT2D eigenvalue weighted by atomic mass is 10.0. The molecule has 3 heteroatoms. The van der Waals surface area contributed by atoms with Crippen molar-refractivity contribution in [2.24, 2.45) is 0 Å². The van der Waals surface area contributed by atoms with Crippen molar-refractivity contribution < 1.29 is 0 Å². The molecule has 1 saturated heterocycles. The molecule has 1 atom stereocenters. The van der Waals surface area contributed by atoms with E-state index in [1.807, 2.05) is 11.3 Å². The predicted molar refractivity (Wildman–Crippen MR) is 86.3 cm³/mol. The molecule has 1 aromatic heterocycles. The summed E-state index contributed by atoms with van der Waals surface area (Å²) in [6, 6.07) is 13.6. The molecule has 2 nitrogen and oxygen atoms in total. The fourth-order valence-electron chi connectivity index (χ4n) is 2.84. The van der Waals surface area contributed by atoms with E-state index in [2.05, 4.69) is 58.9 Å². The zero-order chi connectivity index (χ0) is 13.8. The van der Waals surface area contributed by atoms with Gasteiger partial charge < -0.3 is 5.32 Å². The fourth-order valence-corrected chi connectivity index (χ4v) is 3.79. The molecule has 0 saturated carbocycles. The van der Waals surface area contributed by atoms with Gasteiger partial charge in [-0.15, -0.1) is 11.3 Å². The zero-order valence-electron chi connectivity index (χ0n) is 12.0. The maximum Gasteiger partial charge on any atom is 0.0331 e. The van der Waals surface area contributed by atoms with Crippen LogP contribution in [0.2, 0.25) is 0 Å². The summed E-state index contributed by atoms with van der Waals surface area (Å²) in [5, 5.41) is 5.86. The molecule has 0 amide bonds. The van der Waals surface area contributed by atoms with Gasteiger partial charge in [0.15, 0.2) is 0 Å². The lowest BCUT2D eigenvalue weighted by molar-refractivity contribution is 0.193. The van der Waals surface area contributed by atoms with Crippen molar-refractivity contribution in [3.63, 3.8) is 0 Å². The molecular formula is C17H22N2S. The maximum atomic E-state index is 3.65. The summed E-state index contributed by atoms with van der Waals surface area (Å²) in [4.78, 5) is 4.11. The van der Waals surface area contributed by atoms with Crippen molar-refractivity contribution in [3.8, 4) is 0 Å². The molecule has 1 fully saturated rings. The van der Waals surface area contributed by atoms with Crippen LogP contribution in [0.4, 0.5) is 0 Å². The van der Waals surface area contributed by atoms with E-state index >= 15 is 0 Å². The Morgan fingerprint density at radius 2 is 2.10 bits per heavy atom. The number of aryl methyl sites for hydroxylation is 1. The van der Waals surface area contributed by atoms with Crippen LogP contribution in [-0.4, -0.2) is 30.6 Å². The number of piperazine rings is 1. The molecule has 3 rings (SSSR count). The van der Waals surface area contributed by atoms with Gasteiger partial charge in [-0.05, 0) is 35.9 Å². The lowest BCUT2D eigenvalue weighted by Crippen LogP contribution is -2.51. The largest absolute Gasteiger partial charge is 0.311 e. The molecule has 0 radical (unpaired) electrons. The SMILES string of the molecule is Cc1ccsc1CN1CCNC(Cc2ccccc2)C1. The second-order valence-electron chi connectivity index (χ2n) is 5.60. The molecule has 2 aromatic rings. The number of rotatable bonds is 4. The first-order valence-electron chi connectivity index (χ1n) is 7.34. The molecular weight excluding hydrogens is 264 g/mol. The third kappa shape index (κ3) is 3.48. The second-order valence-corrected chi connectivity index (χ2v) is 6.60. The number of nitrogens with zero attached hydrogens (tertiary/aromatic N) is 1. The van der Waals surface area contributed by atoms with E-state index in [-0.39, 0.29) is 0 Å². The van der Waals surface area contributed by atoms with E-state index in [1.54, 1.807) is 0 Å². The Hall–Kier alpha value is -1.16. The lowest BCUT2D eigenvalue weighted by Gasteiger charge is -2.33. The van der Waals surface area contributed by atoms with Crippen LogP contribution in [0.3, 0.4) is 0 Å².